The van der Waals surface area contributed by atoms with Crippen molar-refractivity contribution in [3.63, 3.8) is 0 Å². The van der Waals surface area contributed by atoms with Crippen LogP contribution in [-0.4, -0.2) is 40.8 Å². The van der Waals surface area contributed by atoms with E-state index in [9.17, 15) is 0 Å². The van der Waals surface area contributed by atoms with Crippen molar-refractivity contribution < 1.29 is 0 Å². The van der Waals surface area contributed by atoms with Gasteiger partial charge in [0.15, 0.2) is 5.16 Å². The third-order valence-corrected chi connectivity index (χ3v) is 4.87. The van der Waals surface area contributed by atoms with Crippen molar-refractivity contribution >= 4 is 23.7 Å². The third-order valence-electron chi connectivity index (χ3n) is 3.80. The van der Waals surface area contributed by atoms with E-state index >= 15 is 0 Å². The first-order valence-corrected chi connectivity index (χ1v) is 8.57. The van der Waals surface area contributed by atoms with Gasteiger partial charge in [0, 0.05) is 25.9 Å². The third kappa shape index (κ3) is 3.98. The molecule has 0 aliphatic heterocycles. The van der Waals surface area contributed by atoms with Crippen LogP contribution in [0.3, 0.4) is 0 Å². The minimum absolute atomic E-state index is 0.663. The first-order valence-electron chi connectivity index (χ1n) is 7.58. The van der Waals surface area contributed by atoms with Crippen molar-refractivity contribution in [1.82, 2.24) is 15.0 Å². The van der Waals surface area contributed by atoms with Gasteiger partial charge in [0.1, 0.15) is 0 Å². The van der Waals surface area contributed by atoms with Crippen molar-refractivity contribution in [3.8, 4) is 0 Å². The summed E-state index contributed by atoms with van der Waals surface area (Å²) in [6.45, 7) is 6.07. The maximum atomic E-state index is 4.61. The summed E-state index contributed by atoms with van der Waals surface area (Å²) in [6, 6.07) is 0. The second-order valence-corrected chi connectivity index (χ2v) is 6.11. The van der Waals surface area contributed by atoms with E-state index < -0.39 is 0 Å². The Morgan fingerprint density at radius 3 is 2.45 bits per heavy atom. The molecule has 2 rings (SSSR count). The van der Waals surface area contributed by atoms with Gasteiger partial charge in [0.2, 0.25) is 11.9 Å². The van der Waals surface area contributed by atoms with Gasteiger partial charge in [0.05, 0.1) is 0 Å². The lowest BCUT2D eigenvalue weighted by Crippen LogP contribution is -2.25. The van der Waals surface area contributed by atoms with Crippen molar-refractivity contribution in [1.29, 1.82) is 0 Å². The Morgan fingerprint density at radius 1 is 1.15 bits per heavy atom. The normalized spacial score (nSPS) is 15.6. The van der Waals surface area contributed by atoms with E-state index in [0.717, 1.165) is 35.9 Å². The lowest BCUT2D eigenvalue weighted by atomic mass is 10.1. The molecule has 1 heterocycles. The highest BCUT2D eigenvalue weighted by Crippen LogP contribution is 2.30. The summed E-state index contributed by atoms with van der Waals surface area (Å²) in [6.07, 6.45) is 5.49. The van der Waals surface area contributed by atoms with Crippen LogP contribution in [0.25, 0.3) is 0 Å². The van der Waals surface area contributed by atoms with Gasteiger partial charge in [-0.05, 0) is 32.6 Å². The molecule has 1 aliphatic rings. The lowest BCUT2D eigenvalue weighted by molar-refractivity contribution is 0.622. The number of aromatic nitrogens is 3. The van der Waals surface area contributed by atoms with Gasteiger partial charge < -0.3 is 10.2 Å². The van der Waals surface area contributed by atoms with E-state index in [2.05, 4.69) is 39.0 Å². The molecule has 112 valence electrons. The van der Waals surface area contributed by atoms with E-state index in [-0.39, 0.29) is 0 Å². The van der Waals surface area contributed by atoms with Crippen LogP contribution in [0.5, 0.6) is 0 Å². The minimum Gasteiger partial charge on any atom is -0.357 e. The summed E-state index contributed by atoms with van der Waals surface area (Å²) in [5, 5.41) is 3.88. The molecule has 1 saturated carbocycles. The van der Waals surface area contributed by atoms with Gasteiger partial charge in [-0.2, -0.15) is 15.0 Å². The number of hydrogen-bond acceptors (Lipinski definition) is 6. The molecule has 6 heteroatoms. The molecule has 0 spiro atoms. The largest absolute Gasteiger partial charge is 0.357 e. The lowest BCUT2D eigenvalue weighted by Gasteiger charge is -2.19. The number of hydrogen-bond donors (Lipinski definition) is 1. The zero-order chi connectivity index (χ0) is 14.4. The maximum Gasteiger partial charge on any atom is 0.231 e. The van der Waals surface area contributed by atoms with Crippen LogP contribution < -0.4 is 10.2 Å². The topological polar surface area (TPSA) is 53.9 Å². The molecule has 0 unspecified atom stereocenters. The summed E-state index contributed by atoms with van der Waals surface area (Å²) in [4.78, 5) is 15.7. The molecule has 1 N–H and O–H groups in total. The fourth-order valence-corrected chi connectivity index (χ4v) is 3.55. The number of nitrogens with one attached hydrogen (secondary N) is 1. The summed E-state index contributed by atoms with van der Waals surface area (Å²) in [5.74, 6) is 3.41. The first kappa shape index (κ1) is 15.4. The molecule has 0 atom stereocenters. The molecule has 0 saturated heterocycles. The van der Waals surface area contributed by atoms with Crippen LogP contribution >= 0.6 is 11.8 Å². The second-order valence-electron chi connectivity index (χ2n) is 5.13. The predicted molar refractivity (Wildman–Crippen MR) is 85.6 cm³/mol. The highest BCUT2D eigenvalue weighted by Gasteiger charge is 2.17. The van der Waals surface area contributed by atoms with Crippen LogP contribution in [0.15, 0.2) is 5.16 Å². The summed E-state index contributed by atoms with van der Waals surface area (Å²) in [5.41, 5.74) is 0. The smallest absolute Gasteiger partial charge is 0.231 e. The Hall–Kier alpha value is -1.04. The molecule has 0 radical (unpaired) electrons. The Labute approximate surface area is 126 Å². The fourth-order valence-electron chi connectivity index (χ4n) is 2.54. The monoisotopic (exact) mass is 295 g/mol. The summed E-state index contributed by atoms with van der Waals surface area (Å²) in [7, 11) is 1.85. The van der Waals surface area contributed by atoms with Gasteiger partial charge in [-0.1, -0.05) is 24.6 Å². The van der Waals surface area contributed by atoms with Crippen LogP contribution in [0.2, 0.25) is 0 Å². The average Bonchev–Trinajstić information content (AvgIpc) is 2.99. The zero-order valence-electron chi connectivity index (χ0n) is 12.7. The quantitative estimate of drug-likeness (QED) is 0.780. The number of anilines is 2. The molecule has 1 aromatic heterocycles. The average molecular weight is 295 g/mol. The summed E-state index contributed by atoms with van der Waals surface area (Å²) < 4.78 is 0. The number of thioether (sulfide) groups is 1. The van der Waals surface area contributed by atoms with Crippen molar-refractivity contribution in [2.45, 2.75) is 44.7 Å². The van der Waals surface area contributed by atoms with Crippen LogP contribution in [0, 0.1) is 5.92 Å². The molecule has 0 aromatic carbocycles. The number of nitrogens with zero attached hydrogens (tertiary/aromatic N) is 4. The van der Waals surface area contributed by atoms with Gasteiger partial charge in [-0.15, -0.1) is 0 Å². The van der Waals surface area contributed by atoms with E-state index in [4.69, 9.17) is 0 Å². The van der Waals surface area contributed by atoms with E-state index in [1.54, 1.807) is 11.8 Å². The maximum absolute atomic E-state index is 4.61. The highest BCUT2D eigenvalue weighted by atomic mass is 32.2. The van der Waals surface area contributed by atoms with E-state index in [1.165, 1.54) is 25.7 Å². The van der Waals surface area contributed by atoms with E-state index in [0.29, 0.717) is 5.95 Å². The minimum atomic E-state index is 0.663. The first-order chi connectivity index (χ1) is 9.76. The SMILES string of the molecule is CCN(CC)c1nc(NC)nc(SCC2CCCC2)n1. The van der Waals surface area contributed by atoms with Crippen LogP contribution in [-0.2, 0) is 0 Å². The standard InChI is InChI=1S/C14H25N5S/c1-4-19(5-2)13-16-12(15-3)17-14(18-13)20-10-11-8-6-7-9-11/h11H,4-10H2,1-3H3,(H,15,16,17,18). The molecule has 20 heavy (non-hydrogen) atoms. The fraction of sp³-hybridized carbons (Fsp3) is 0.786. The summed E-state index contributed by atoms with van der Waals surface area (Å²) >= 11 is 1.77. The van der Waals surface area contributed by atoms with Gasteiger partial charge >= 0.3 is 0 Å². The molecule has 0 bridgehead atoms. The molecular formula is C14H25N5S. The predicted octanol–water partition coefficient (Wildman–Crippen LogP) is 3.04. The Bertz CT molecular complexity index is 416. The second kappa shape index (κ2) is 7.67. The Kier molecular flexibility index (Phi) is 5.88. The van der Waals surface area contributed by atoms with Gasteiger partial charge in [0.25, 0.3) is 0 Å². The highest BCUT2D eigenvalue weighted by molar-refractivity contribution is 7.99. The molecule has 5 nitrogen and oxygen atoms in total. The Morgan fingerprint density at radius 2 is 1.85 bits per heavy atom. The van der Waals surface area contributed by atoms with Crippen LogP contribution in [0.4, 0.5) is 11.9 Å². The van der Waals surface area contributed by atoms with Crippen molar-refractivity contribution in [2.24, 2.45) is 5.92 Å². The molecule has 1 aromatic rings. The number of rotatable bonds is 7. The zero-order valence-corrected chi connectivity index (χ0v) is 13.5. The Balaban J connectivity index is 2.08. The molecule has 0 amide bonds. The molecule has 1 aliphatic carbocycles. The van der Waals surface area contributed by atoms with E-state index in [1.807, 2.05) is 7.05 Å². The molecule has 1 fully saturated rings. The van der Waals surface area contributed by atoms with Crippen LogP contribution in [0.1, 0.15) is 39.5 Å². The van der Waals surface area contributed by atoms with Crippen molar-refractivity contribution in [3.05, 3.63) is 0 Å². The molecular weight excluding hydrogens is 270 g/mol. The van der Waals surface area contributed by atoms with Crippen molar-refractivity contribution in [2.75, 3.05) is 36.1 Å². The van der Waals surface area contributed by atoms with Gasteiger partial charge in [-0.3, -0.25) is 0 Å². The van der Waals surface area contributed by atoms with Gasteiger partial charge in [-0.25, -0.2) is 0 Å².